The summed E-state index contributed by atoms with van der Waals surface area (Å²) in [6.45, 7) is 1.88. The molecule has 0 saturated heterocycles. The molecule has 1 atom stereocenters. The predicted octanol–water partition coefficient (Wildman–Crippen LogP) is 3.25. The van der Waals surface area contributed by atoms with Crippen LogP contribution in [0.5, 0.6) is 11.5 Å². The van der Waals surface area contributed by atoms with Crippen LogP contribution in [0.2, 0.25) is 5.02 Å². The number of primary amides is 1. The first-order valence-electron chi connectivity index (χ1n) is 6.10. The number of carbonyl (C=O) groups excluding carboxylic acids is 1. The Hall–Kier alpha value is -2.04. The van der Waals surface area contributed by atoms with Crippen LogP contribution in [-0.4, -0.2) is 5.91 Å². The average molecular weight is 291 g/mol. The molecule has 0 aliphatic heterocycles. The second-order valence-corrected chi connectivity index (χ2v) is 4.88. The van der Waals surface area contributed by atoms with Gasteiger partial charge < -0.3 is 16.2 Å². The fraction of sp³-hybridized carbons (Fsp3) is 0.133. The van der Waals surface area contributed by atoms with Crippen molar-refractivity contribution in [1.29, 1.82) is 0 Å². The number of benzene rings is 2. The molecule has 4 nitrogen and oxygen atoms in total. The van der Waals surface area contributed by atoms with E-state index < -0.39 is 5.91 Å². The van der Waals surface area contributed by atoms with Gasteiger partial charge in [-0.1, -0.05) is 17.7 Å². The normalized spacial score (nSPS) is 11.9. The number of nitrogens with two attached hydrogens (primary N) is 2. The van der Waals surface area contributed by atoms with Gasteiger partial charge >= 0.3 is 0 Å². The number of ether oxygens (including phenoxy) is 1. The van der Waals surface area contributed by atoms with Gasteiger partial charge in [-0.2, -0.15) is 0 Å². The van der Waals surface area contributed by atoms with E-state index in [1.54, 1.807) is 36.4 Å². The van der Waals surface area contributed by atoms with Crippen LogP contribution >= 0.6 is 11.6 Å². The Morgan fingerprint density at radius 3 is 2.35 bits per heavy atom. The first-order chi connectivity index (χ1) is 9.47. The van der Waals surface area contributed by atoms with Gasteiger partial charge in [-0.05, 0) is 48.9 Å². The van der Waals surface area contributed by atoms with E-state index in [0.717, 1.165) is 5.56 Å². The van der Waals surface area contributed by atoms with Crippen LogP contribution in [0.25, 0.3) is 0 Å². The molecule has 0 fully saturated rings. The summed E-state index contributed by atoms with van der Waals surface area (Å²) in [5.41, 5.74) is 12.3. The summed E-state index contributed by atoms with van der Waals surface area (Å²) in [7, 11) is 0. The van der Waals surface area contributed by atoms with Crippen LogP contribution in [0.4, 0.5) is 0 Å². The molecule has 0 bridgehead atoms. The summed E-state index contributed by atoms with van der Waals surface area (Å²) in [6, 6.07) is 11.8. The lowest BCUT2D eigenvalue weighted by Gasteiger charge is -2.11. The zero-order valence-electron chi connectivity index (χ0n) is 11.0. The zero-order valence-corrected chi connectivity index (χ0v) is 11.7. The topological polar surface area (TPSA) is 78.3 Å². The molecule has 0 aliphatic carbocycles. The molecule has 104 valence electrons. The van der Waals surface area contributed by atoms with Gasteiger partial charge in [0.05, 0.1) is 5.02 Å². The standard InChI is InChI=1S/C15H15ClN2O2/c1-9(17)11-4-7-14(13(16)8-11)20-12-5-2-10(3-6-12)15(18)19/h2-9H,17H2,1H3,(H2,18,19). The Morgan fingerprint density at radius 2 is 1.85 bits per heavy atom. The van der Waals surface area contributed by atoms with Gasteiger partial charge in [0.15, 0.2) is 0 Å². The lowest BCUT2D eigenvalue weighted by Crippen LogP contribution is -2.10. The number of halogens is 1. The van der Waals surface area contributed by atoms with Crippen LogP contribution in [-0.2, 0) is 0 Å². The SMILES string of the molecule is CC(N)c1ccc(Oc2ccc(C(N)=O)cc2)c(Cl)c1. The van der Waals surface area contributed by atoms with Crippen molar-refractivity contribution in [2.75, 3.05) is 0 Å². The van der Waals surface area contributed by atoms with Crippen molar-refractivity contribution in [3.8, 4) is 11.5 Å². The van der Waals surface area contributed by atoms with Gasteiger partial charge in [-0.3, -0.25) is 4.79 Å². The summed E-state index contributed by atoms with van der Waals surface area (Å²) in [6.07, 6.45) is 0. The largest absolute Gasteiger partial charge is 0.456 e. The van der Waals surface area contributed by atoms with Crippen molar-refractivity contribution < 1.29 is 9.53 Å². The molecule has 0 saturated carbocycles. The van der Waals surface area contributed by atoms with Gasteiger partial charge in [0.1, 0.15) is 11.5 Å². The summed E-state index contributed by atoms with van der Waals surface area (Å²) in [5.74, 6) is 0.629. The van der Waals surface area contributed by atoms with Crippen molar-refractivity contribution >= 4 is 17.5 Å². The van der Waals surface area contributed by atoms with E-state index >= 15 is 0 Å². The average Bonchev–Trinajstić information content (AvgIpc) is 2.41. The monoisotopic (exact) mass is 290 g/mol. The van der Waals surface area contributed by atoms with E-state index in [9.17, 15) is 4.79 Å². The Morgan fingerprint density at radius 1 is 1.20 bits per heavy atom. The molecule has 2 aromatic rings. The van der Waals surface area contributed by atoms with Crippen LogP contribution in [0.3, 0.4) is 0 Å². The number of hydrogen-bond donors (Lipinski definition) is 2. The summed E-state index contributed by atoms with van der Waals surface area (Å²) < 4.78 is 5.65. The van der Waals surface area contributed by atoms with Crippen LogP contribution in [0.15, 0.2) is 42.5 Å². The van der Waals surface area contributed by atoms with Crippen LogP contribution in [0.1, 0.15) is 28.9 Å². The summed E-state index contributed by atoms with van der Waals surface area (Å²) in [4.78, 5) is 11.0. The minimum atomic E-state index is -0.476. The van der Waals surface area contributed by atoms with Crippen molar-refractivity contribution in [3.63, 3.8) is 0 Å². The van der Waals surface area contributed by atoms with Gasteiger partial charge in [0.2, 0.25) is 5.91 Å². The molecular formula is C15H15ClN2O2. The van der Waals surface area contributed by atoms with Crippen molar-refractivity contribution in [2.45, 2.75) is 13.0 Å². The lowest BCUT2D eigenvalue weighted by atomic mass is 10.1. The highest BCUT2D eigenvalue weighted by atomic mass is 35.5. The van der Waals surface area contributed by atoms with E-state index in [1.807, 2.05) is 13.0 Å². The van der Waals surface area contributed by atoms with Crippen molar-refractivity contribution in [3.05, 3.63) is 58.6 Å². The fourth-order valence-corrected chi connectivity index (χ4v) is 1.92. The number of carbonyl (C=O) groups is 1. The predicted molar refractivity (Wildman–Crippen MR) is 79.1 cm³/mol. The molecule has 2 rings (SSSR count). The molecule has 0 radical (unpaired) electrons. The highest BCUT2D eigenvalue weighted by Crippen LogP contribution is 2.31. The van der Waals surface area contributed by atoms with E-state index in [2.05, 4.69) is 0 Å². The van der Waals surface area contributed by atoms with Gasteiger partial charge in [0.25, 0.3) is 0 Å². The van der Waals surface area contributed by atoms with Crippen molar-refractivity contribution in [2.24, 2.45) is 11.5 Å². The van der Waals surface area contributed by atoms with Crippen LogP contribution < -0.4 is 16.2 Å². The zero-order chi connectivity index (χ0) is 14.7. The maximum Gasteiger partial charge on any atom is 0.248 e. The van der Waals surface area contributed by atoms with Gasteiger partial charge in [-0.25, -0.2) is 0 Å². The maximum atomic E-state index is 11.0. The van der Waals surface area contributed by atoms with Crippen LogP contribution in [0, 0.1) is 0 Å². The first-order valence-corrected chi connectivity index (χ1v) is 6.48. The molecule has 0 spiro atoms. The third-order valence-corrected chi connectivity index (χ3v) is 3.14. The smallest absolute Gasteiger partial charge is 0.248 e. The number of hydrogen-bond acceptors (Lipinski definition) is 3. The Bertz CT molecular complexity index is 624. The highest BCUT2D eigenvalue weighted by Gasteiger charge is 2.07. The van der Waals surface area contributed by atoms with E-state index in [-0.39, 0.29) is 6.04 Å². The minimum absolute atomic E-state index is 0.0867. The molecule has 1 amide bonds. The van der Waals surface area contributed by atoms with Crippen molar-refractivity contribution in [1.82, 2.24) is 0 Å². The fourth-order valence-electron chi connectivity index (χ4n) is 1.70. The highest BCUT2D eigenvalue weighted by molar-refractivity contribution is 6.32. The molecular weight excluding hydrogens is 276 g/mol. The Labute approximate surface area is 122 Å². The second kappa shape index (κ2) is 5.94. The molecule has 1 unspecified atom stereocenters. The minimum Gasteiger partial charge on any atom is -0.456 e. The first kappa shape index (κ1) is 14.4. The summed E-state index contributed by atoms with van der Waals surface area (Å²) >= 11 is 6.15. The molecule has 0 aliphatic rings. The Balaban J connectivity index is 2.19. The van der Waals surface area contributed by atoms with Gasteiger partial charge in [0, 0.05) is 11.6 Å². The molecule has 4 N–H and O–H groups in total. The van der Waals surface area contributed by atoms with E-state index in [4.69, 9.17) is 27.8 Å². The molecule has 5 heteroatoms. The third-order valence-electron chi connectivity index (χ3n) is 2.85. The molecule has 0 heterocycles. The third kappa shape index (κ3) is 3.29. The molecule has 2 aromatic carbocycles. The lowest BCUT2D eigenvalue weighted by molar-refractivity contribution is 0.100. The molecule has 20 heavy (non-hydrogen) atoms. The molecule has 0 aromatic heterocycles. The van der Waals surface area contributed by atoms with Gasteiger partial charge in [-0.15, -0.1) is 0 Å². The summed E-state index contributed by atoms with van der Waals surface area (Å²) in [5, 5.41) is 0.485. The second-order valence-electron chi connectivity index (χ2n) is 4.47. The Kier molecular flexibility index (Phi) is 4.27. The quantitative estimate of drug-likeness (QED) is 0.907. The van der Waals surface area contributed by atoms with E-state index in [0.29, 0.717) is 22.1 Å². The van der Waals surface area contributed by atoms with E-state index in [1.165, 1.54) is 0 Å². The number of amides is 1. The maximum absolute atomic E-state index is 11.0. The number of rotatable bonds is 4.